The van der Waals surface area contributed by atoms with Crippen molar-refractivity contribution < 1.29 is 23.7 Å². The van der Waals surface area contributed by atoms with Gasteiger partial charge in [-0.15, -0.1) is 0 Å². The number of hydrogen-bond donors (Lipinski definition) is 1. The predicted octanol–water partition coefficient (Wildman–Crippen LogP) is 4.18. The van der Waals surface area contributed by atoms with E-state index in [-0.39, 0.29) is 11.9 Å². The van der Waals surface area contributed by atoms with E-state index < -0.39 is 0 Å². The van der Waals surface area contributed by atoms with Gasteiger partial charge in [-0.25, -0.2) is 0 Å². The fraction of sp³-hybridized carbons (Fsp3) is 0.250. The first kappa shape index (κ1) is 22.0. The van der Waals surface area contributed by atoms with Crippen molar-refractivity contribution >= 4 is 5.91 Å². The van der Waals surface area contributed by atoms with Gasteiger partial charge >= 0.3 is 0 Å². The van der Waals surface area contributed by atoms with Crippen molar-refractivity contribution in [2.75, 3.05) is 21.3 Å². The van der Waals surface area contributed by atoms with Crippen LogP contribution in [-0.2, 0) is 6.61 Å². The number of methoxy groups -OCH3 is 3. The van der Waals surface area contributed by atoms with Crippen molar-refractivity contribution in [2.45, 2.75) is 19.6 Å². The molecule has 3 rings (SSSR count). The minimum Gasteiger partial charge on any atom is -0.493 e. The van der Waals surface area contributed by atoms with E-state index in [1.807, 2.05) is 31.2 Å². The summed E-state index contributed by atoms with van der Waals surface area (Å²) >= 11 is 0. The van der Waals surface area contributed by atoms with Gasteiger partial charge in [-0.3, -0.25) is 9.78 Å². The Hall–Kier alpha value is -3.74. The molecule has 0 aliphatic heterocycles. The summed E-state index contributed by atoms with van der Waals surface area (Å²) in [6.45, 7) is 2.31. The maximum Gasteiger partial charge on any atom is 0.251 e. The van der Waals surface area contributed by atoms with Crippen LogP contribution >= 0.6 is 0 Å². The first-order valence-corrected chi connectivity index (χ1v) is 9.78. The molecular weight excluding hydrogens is 396 g/mol. The number of rotatable bonds is 9. The minimum absolute atomic E-state index is 0.194. The van der Waals surface area contributed by atoms with Crippen molar-refractivity contribution in [2.24, 2.45) is 0 Å². The van der Waals surface area contributed by atoms with E-state index in [0.29, 0.717) is 35.2 Å². The van der Waals surface area contributed by atoms with E-state index in [0.717, 1.165) is 11.1 Å². The summed E-state index contributed by atoms with van der Waals surface area (Å²) in [7, 11) is 4.67. The highest BCUT2D eigenvalue weighted by Crippen LogP contribution is 2.39. The molecular formula is C24H26N2O5. The Kier molecular flexibility index (Phi) is 7.32. The van der Waals surface area contributed by atoms with Crippen molar-refractivity contribution in [3.63, 3.8) is 0 Å². The third-order valence-electron chi connectivity index (χ3n) is 4.78. The number of carbonyl (C=O) groups excluding carboxylic acids is 1. The summed E-state index contributed by atoms with van der Waals surface area (Å²) in [5.41, 5.74) is 2.34. The molecule has 0 saturated carbocycles. The Morgan fingerprint density at radius 3 is 2.23 bits per heavy atom. The topological polar surface area (TPSA) is 78.9 Å². The zero-order valence-electron chi connectivity index (χ0n) is 18.0. The van der Waals surface area contributed by atoms with Gasteiger partial charge in [-0.05, 0) is 55.0 Å². The number of benzene rings is 2. The maximum absolute atomic E-state index is 12.7. The molecule has 1 amide bonds. The standard InChI is InChI=1S/C24H26N2O5/c1-16(19-12-21(28-2)23(30-4)22(13-19)29-3)26-24(27)18-7-9-20(10-8-18)31-15-17-6-5-11-25-14-17/h5-14,16H,15H2,1-4H3,(H,26,27)/t16-/m1/s1. The number of pyridine rings is 1. The van der Waals surface area contributed by atoms with Crippen LogP contribution in [0.2, 0.25) is 0 Å². The highest BCUT2D eigenvalue weighted by Gasteiger charge is 2.18. The molecule has 1 aromatic heterocycles. The second kappa shape index (κ2) is 10.3. The number of ether oxygens (including phenoxy) is 4. The zero-order chi connectivity index (χ0) is 22.2. The molecule has 31 heavy (non-hydrogen) atoms. The molecule has 3 aromatic rings. The fourth-order valence-corrected chi connectivity index (χ4v) is 3.07. The smallest absolute Gasteiger partial charge is 0.251 e. The SMILES string of the molecule is COc1cc([C@@H](C)NC(=O)c2ccc(OCc3cccnc3)cc2)cc(OC)c1OC. The largest absolute Gasteiger partial charge is 0.493 e. The van der Waals surface area contributed by atoms with E-state index in [1.54, 1.807) is 58.0 Å². The Bertz CT molecular complexity index is 981. The second-order valence-electron chi connectivity index (χ2n) is 6.83. The lowest BCUT2D eigenvalue weighted by Crippen LogP contribution is -2.26. The molecule has 1 heterocycles. The van der Waals surface area contributed by atoms with E-state index in [1.165, 1.54) is 0 Å². The van der Waals surface area contributed by atoms with Gasteiger partial charge in [0, 0.05) is 23.5 Å². The average Bonchev–Trinajstić information content (AvgIpc) is 2.82. The summed E-state index contributed by atoms with van der Waals surface area (Å²) in [5.74, 6) is 2.06. The van der Waals surface area contributed by atoms with Crippen molar-refractivity contribution in [3.8, 4) is 23.0 Å². The van der Waals surface area contributed by atoms with Crippen molar-refractivity contribution in [1.82, 2.24) is 10.3 Å². The lowest BCUT2D eigenvalue weighted by molar-refractivity contribution is 0.0939. The van der Waals surface area contributed by atoms with Crippen molar-refractivity contribution in [3.05, 3.63) is 77.6 Å². The number of aromatic nitrogens is 1. The monoisotopic (exact) mass is 422 g/mol. The number of amides is 1. The molecule has 0 unspecified atom stereocenters. The number of nitrogens with one attached hydrogen (secondary N) is 1. The number of carbonyl (C=O) groups is 1. The predicted molar refractivity (Wildman–Crippen MR) is 117 cm³/mol. The lowest BCUT2D eigenvalue weighted by atomic mass is 10.1. The zero-order valence-corrected chi connectivity index (χ0v) is 18.0. The third-order valence-corrected chi connectivity index (χ3v) is 4.78. The van der Waals surface area contributed by atoms with Gasteiger partial charge in [0.05, 0.1) is 27.4 Å². The van der Waals surface area contributed by atoms with Gasteiger partial charge in [-0.1, -0.05) is 6.07 Å². The molecule has 7 heteroatoms. The normalized spacial score (nSPS) is 11.4. The summed E-state index contributed by atoms with van der Waals surface area (Å²) < 4.78 is 21.9. The third kappa shape index (κ3) is 5.45. The van der Waals surface area contributed by atoms with Crippen LogP contribution < -0.4 is 24.3 Å². The molecule has 0 bridgehead atoms. The molecule has 0 saturated heterocycles. The summed E-state index contributed by atoms with van der Waals surface area (Å²) in [6.07, 6.45) is 3.47. The Morgan fingerprint density at radius 1 is 1.00 bits per heavy atom. The molecule has 162 valence electrons. The summed E-state index contributed by atoms with van der Waals surface area (Å²) in [6, 6.07) is 14.2. The molecule has 0 spiro atoms. The lowest BCUT2D eigenvalue weighted by Gasteiger charge is -2.19. The molecule has 0 fully saturated rings. The van der Waals surface area contributed by atoms with Gasteiger partial charge in [-0.2, -0.15) is 0 Å². The Balaban J connectivity index is 1.65. The van der Waals surface area contributed by atoms with Crippen LogP contribution in [0.5, 0.6) is 23.0 Å². The average molecular weight is 422 g/mol. The van der Waals surface area contributed by atoms with E-state index >= 15 is 0 Å². The van der Waals surface area contributed by atoms with Gasteiger partial charge in [0.15, 0.2) is 11.5 Å². The highest BCUT2D eigenvalue weighted by atomic mass is 16.5. The van der Waals surface area contributed by atoms with Crippen LogP contribution in [-0.4, -0.2) is 32.2 Å². The molecule has 1 atom stereocenters. The van der Waals surface area contributed by atoms with Crippen LogP contribution in [0, 0.1) is 0 Å². The van der Waals surface area contributed by atoms with Crippen molar-refractivity contribution in [1.29, 1.82) is 0 Å². The van der Waals surface area contributed by atoms with Crippen LogP contribution in [0.15, 0.2) is 60.9 Å². The Morgan fingerprint density at radius 2 is 1.68 bits per heavy atom. The molecule has 0 radical (unpaired) electrons. The van der Waals surface area contributed by atoms with Crippen LogP contribution in [0.3, 0.4) is 0 Å². The minimum atomic E-state index is -0.275. The van der Waals surface area contributed by atoms with E-state index in [9.17, 15) is 4.79 Å². The van der Waals surface area contributed by atoms with Gasteiger partial charge < -0.3 is 24.3 Å². The fourth-order valence-electron chi connectivity index (χ4n) is 3.07. The van der Waals surface area contributed by atoms with Crippen LogP contribution in [0.1, 0.15) is 34.5 Å². The molecule has 1 N–H and O–H groups in total. The first-order chi connectivity index (χ1) is 15.0. The number of nitrogens with zero attached hydrogens (tertiary/aromatic N) is 1. The van der Waals surface area contributed by atoms with Gasteiger partial charge in [0.25, 0.3) is 5.91 Å². The quantitative estimate of drug-likeness (QED) is 0.557. The highest BCUT2D eigenvalue weighted by molar-refractivity contribution is 5.94. The second-order valence-corrected chi connectivity index (χ2v) is 6.83. The van der Waals surface area contributed by atoms with Crippen LogP contribution in [0.4, 0.5) is 0 Å². The van der Waals surface area contributed by atoms with Gasteiger partial charge in [0.2, 0.25) is 5.75 Å². The Labute approximate surface area is 181 Å². The summed E-state index contributed by atoms with van der Waals surface area (Å²) in [5, 5.41) is 2.99. The maximum atomic E-state index is 12.7. The molecule has 0 aliphatic rings. The van der Waals surface area contributed by atoms with E-state index in [2.05, 4.69) is 10.3 Å². The molecule has 0 aliphatic carbocycles. The van der Waals surface area contributed by atoms with Gasteiger partial charge in [0.1, 0.15) is 12.4 Å². The first-order valence-electron chi connectivity index (χ1n) is 9.78. The summed E-state index contributed by atoms with van der Waals surface area (Å²) in [4.78, 5) is 16.8. The van der Waals surface area contributed by atoms with Crippen LogP contribution in [0.25, 0.3) is 0 Å². The number of hydrogen-bond acceptors (Lipinski definition) is 6. The molecule has 2 aromatic carbocycles. The molecule has 7 nitrogen and oxygen atoms in total. The van der Waals surface area contributed by atoms with E-state index in [4.69, 9.17) is 18.9 Å².